The summed E-state index contributed by atoms with van der Waals surface area (Å²) in [6, 6.07) is 6.86. The Balaban J connectivity index is 0.00000363. The van der Waals surface area contributed by atoms with Gasteiger partial charge in [-0.15, -0.1) is 24.0 Å². The van der Waals surface area contributed by atoms with Crippen LogP contribution in [0.4, 0.5) is 4.39 Å². The van der Waals surface area contributed by atoms with Gasteiger partial charge in [-0.2, -0.15) is 0 Å². The molecule has 1 unspecified atom stereocenters. The third-order valence-corrected chi connectivity index (χ3v) is 5.55. The van der Waals surface area contributed by atoms with Crippen molar-refractivity contribution >= 4 is 29.9 Å². The number of morpholine rings is 1. The highest BCUT2D eigenvalue weighted by molar-refractivity contribution is 14.0. The van der Waals surface area contributed by atoms with Gasteiger partial charge in [0, 0.05) is 38.2 Å². The fourth-order valence-electron chi connectivity index (χ4n) is 3.84. The van der Waals surface area contributed by atoms with Crippen molar-refractivity contribution in [2.24, 2.45) is 4.99 Å². The van der Waals surface area contributed by atoms with Crippen LogP contribution in [0, 0.1) is 5.82 Å². The molecule has 1 aromatic carbocycles. The van der Waals surface area contributed by atoms with Gasteiger partial charge in [0.2, 0.25) is 0 Å². The summed E-state index contributed by atoms with van der Waals surface area (Å²) in [4.78, 5) is 7.16. The molecular weight excluding hydrogens is 524 g/mol. The van der Waals surface area contributed by atoms with Crippen LogP contribution in [-0.4, -0.2) is 55.4 Å². The molecule has 0 amide bonds. The first-order valence-corrected chi connectivity index (χ1v) is 11.2. The molecule has 1 aliphatic rings. The van der Waals surface area contributed by atoms with Crippen molar-refractivity contribution in [1.82, 2.24) is 20.7 Å². The quantitative estimate of drug-likeness (QED) is 0.278. The molecule has 1 aliphatic heterocycles. The molecule has 2 aromatic rings. The molecule has 2 N–H and O–H groups in total. The molecule has 7 nitrogen and oxygen atoms in total. The Morgan fingerprint density at radius 1 is 1.12 bits per heavy atom. The Morgan fingerprint density at radius 2 is 1.84 bits per heavy atom. The van der Waals surface area contributed by atoms with Gasteiger partial charge in [-0.3, -0.25) is 4.90 Å². The Kier molecular flexibility index (Phi) is 11.4. The number of aromatic nitrogens is 1. The van der Waals surface area contributed by atoms with Crippen LogP contribution >= 0.6 is 24.0 Å². The number of aryl methyl sites for hydroxylation is 2. The molecule has 0 saturated carbocycles. The first kappa shape index (κ1) is 26.5. The molecule has 0 bridgehead atoms. The summed E-state index contributed by atoms with van der Waals surface area (Å²) in [5.41, 5.74) is 3.12. The number of ether oxygens (including phenoxy) is 1. The molecule has 9 heteroatoms. The number of hydrogen-bond donors (Lipinski definition) is 2. The molecular formula is C23H35FIN5O2. The van der Waals surface area contributed by atoms with E-state index in [-0.39, 0.29) is 35.8 Å². The predicted octanol–water partition coefficient (Wildman–Crippen LogP) is 3.69. The van der Waals surface area contributed by atoms with Gasteiger partial charge in [-0.25, -0.2) is 9.38 Å². The molecule has 1 aromatic heterocycles. The largest absolute Gasteiger partial charge is 0.379 e. The Labute approximate surface area is 207 Å². The Morgan fingerprint density at radius 3 is 2.47 bits per heavy atom. The zero-order chi connectivity index (χ0) is 22.1. The lowest BCUT2D eigenvalue weighted by Gasteiger charge is -2.35. The monoisotopic (exact) mass is 559 g/mol. The zero-order valence-electron chi connectivity index (χ0n) is 19.2. The predicted molar refractivity (Wildman–Crippen MR) is 135 cm³/mol. The van der Waals surface area contributed by atoms with E-state index < -0.39 is 0 Å². The van der Waals surface area contributed by atoms with Gasteiger partial charge in [0.1, 0.15) is 11.6 Å². The van der Waals surface area contributed by atoms with E-state index in [1.165, 1.54) is 12.1 Å². The van der Waals surface area contributed by atoms with Crippen molar-refractivity contribution in [2.45, 2.75) is 46.2 Å². The van der Waals surface area contributed by atoms with Crippen molar-refractivity contribution < 1.29 is 13.7 Å². The summed E-state index contributed by atoms with van der Waals surface area (Å²) < 4.78 is 24.5. The van der Waals surface area contributed by atoms with E-state index in [1.807, 2.05) is 19.1 Å². The third kappa shape index (κ3) is 7.14. The molecule has 0 aliphatic carbocycles. The van der Waals surface area contributed by atoms with Gasteiger partial charge in [0.05, 0.1) is 31.5 Å². The number of hydrogen-bond acceptors (Lipinski definition) is 5. The molecule has 2 heterocycles. The summed E-state index contributed by atoms with van der Waals surface area (Å²) in [6.45, 7) is 11.2. The van der Waals surface area contributed by atoms with Crippen LogP contribution in [0.2, 0.25) is 0 Å². The summed E-state index contributed by atoms with van der Waals surface area (Å²) in [6.07, 6.45) is 1.62. The molecule has 3 rings (SSSR count). The Bertz CT molecular complexity index is 816. The minimum Gasteiger partial charge on any atom is -0.379 e. The van der Waals surface area contributed by atoms with E-state index in [0.29, 0.717) is 26.3 Å². The highest BCUT2D eigenvalue weighted by Crippen LogP contribution is 2.22. The van der Waals surface area contributed by atoms with E-state index in [4.69, 9.17) is 14.3 Å². The van der Waals surface area contributed by atoms with Crippen molar-refractivity contribution in [3.8, 4) is 0 Å². The van der Waals surface area contributed by atoms with Crippen LogP contribution in [0.3, 0.4) is 0 Å². The first-order valence-electron chi connectivity index (χ1n) is 11.2. The number of nitrogens with zero attached hydrogens (tertiary/aromatic N) is 3. The fourth-order valence-corrected chi connectivity index (χ4v) is 3.84. The van der Waals surface area contributed by atoms with Gasteiger partial charge >= 0.3 is 0 Å². The maximum absolute atomic E-state index is 13.5. The van der Waals surface area contributed by atoms with Crippen LogP contribution in [0.1, 0.15) is 49.4 Å². The lowest BCUT2D eigenvalue weighted by atomic mass is 10.0. The average Bonchev–Trinajstić information content (AvgIpc) is 3.21. The maximum Gasteiger partial charge on any atom is 0.191 e. The molecule has 1 saturated heterocycles. The molecule has 1 fully saturated rings. The Hall–Kier alpha value is -1.72. The topological polar surface area (TPSA) is 74.9 Å². The fraction of sp³-hybridized carbons (Fsp3) is 0.565. The summed E-state index contributed by atoms with van der Waals surface area (Å²) in [5, 5.41) is 11.0. The summed E-state index contributed by atoms with van der Waals surface area (Å²) in [7, 11) is 0. The van der Waals surface area contributed by atoms with Crippen molar-refractivity contribution in [2.75, 3.05) is 39.4 Å². The second-order valence-electron chi connectivity index (χ2n) is 7.53. The number of nitrogens with one attached hydrogen (secondary N) is 2. The molecule has 0 radical (unpaired) electrons. The maximum atomic E-state index is 13.5. The van der Waals surface area contributed by atoms with Gasteiger partial charge in [-0.05, 0) is 31.0 Å². The van der Waals surface area contributed by atoms with Gasteiger partial charge in [0.15, 0.2) is 5.96 Å². The highest BCUT2D eigenvalue weighted by Gasteiger charge is 2.23. The number of rotatable bonds is 9. The van der Waals surface area contributed by atoms with Crippen LogP contribution in [-0.2, 0) is 24.1 Å². The molecule has 32 heavy (non-hydrogen) atoms. The second-order valence-corrected chi connectivity index (χ2v) is 7.53. The number of halogens is 2. The second kappa shape index (κ2) is 13.7. The minimum absolute atomic E-state index is 0. The van der Waals surface area contributed by atoms with E-state index in [2.05, 4.69) is 34.5 Å². The number of guanidine groups is 1. The SMILES string of the molecule is CCNC(=NCc1c(CC)noc1CC)NCC(c1ccc(F)cc1)N1CCOCC1.I. The zero-order valence-corrected chi connectivity index (χ0v) is 21.5. The van der Waals surface area contributed by atoms with E-state index >= 15 is 0 Å². The van der Waals surface area contributed by atoms with Crippen LogP contribution in [0.5, 0.6) is 0 Å². The number of benzene rings is 1. The van der Waals surface area contributed by atoms with Gasteiger partial charge < -0.3 is 19.9 Å². The normalized spacial score (nSPS) is 15.8. The lowest BCUT2D eigenvalue weighted by Crippen LogP contribution is -2.46. The van der Waals surface area contributed by atoms with Gasteiger partial charge in [0.25, 0.3) is 0 Å². The van der Waals surface area contributed by atoms with Crippen LogP contribution < -0.4 is 10.6 Å². The smallest absolute Gasteiger partial charge is 0.191 e. The standard InChI is InChI=1S/C23H34FN5O2.HI/c1-4-20-19(22(5-2)31-28-20)15-26-23(25-6-3)27-16-21(29-11-13-30-14-12-29)17-7-9-18(24)10-8-17;/h7-10,21H,4-6,11-16H2,1-3H3,(H2,25,26,27);1H. The van der Waals surface area contributed by atoms with E-state index in [0.717, 1.165) is 61.0 Å². The van der Waals surface area contributed by atoms with Crippen molar-refractivity contribution in [3.63, 3.8) is 0 Å². The first-order chi connectivity index (χ1) is 15.2. The summed E-state index contributed by atoms with van der Waals surface area (Å²) in [5.74, 6) is 1.42. The van der Waals surface area contributed by atoms with E-state index in [9.17, 15) is 4.39 Å². The van der Waals surface area contributed by atoms with Crippen molar-refractivity contribution in [3.05, 3.63) is 52.7 Å². The van der Waals surface area contributed by atoms with Crippen LogP contribution in [0.25, 0.3) is 0 Å². The minimum atomic E-state index is -0.223. The third-order valence-electron chi connectivity index (χ3n) is 5.55. The molecule has 178 valence electrons. The van der Waals surface area contributed by atoms with Gasteiger partial charge in [-0.1, -0.05) is 31.1 Å². The van der Waals surface area contributed by atoms with E-state index in [1.54, 1.807) is 0 Å². The lowest BCUT2D eigenvalue weighted by molar-refractivity contribution is 0.0170. The number of aliphatic imine (C=N–C) groups is 1. The molecule has 0 spiro atoms. The van der Waals surface area contributed by atoms with Crippen molar-refractivity contribution in [1.29, 1.82) is 0 Å². The highest BCUT2D eigenvalue weighted by atomic mass is 127. The van der Waals surface area contributed by atoms with Crippen LogP contribution in [0.15, 0.2) is 33.8 Å². The average molecular weight is 559 g/mol. The summed E-state index contributed by atoms with van der Waals surface area (Å²) >= 11 is 0. The molecule has 1 atom stereocenters.